The van der Waals surface area contributed by atoms with E-state index < -0.39 is 0 Å². The van der Waals surface area contributed by atoms with Gasteiger partial charge in [-0.25, -0.2) is 0 Å². The minimum atomic E-state index is 0.897. The van der Waals surface area contributed by atoms with Crippen molar-refractivity contribution in [2.24, 2.45) is 0 Å². The van der Waals surface area contributed by atoms with Gasteiger partial charge in [0, 0.05) is 9.80 Å². The summed E-state index contributed by atoms with van der Waals surface area (Å²) in [5, 5.41) is 0.897. The van der Waals surface area contributed by atoms with E-state index in [1.165, 1.54) is 5.56 Å². The normalized spacial score (nSPS) is 10.7. The summed E-state index contributed by atoms with van der Waals surface area (Å²) >= 11 is 6.79. The molecule has 0 aliphatic heterocycles. The van der Waals surface area contributed by atoms with Crippen molar-refractivity contribution in [3.05, 3.63) is 40.4 Å². The quantitative estimate of drug-likeness (QED) is 0.719. The number of halogens is 2. The van der Waals surface area contributed by atoms with Crippen LogP contribution in [0.1, 0.15) is 5.56 Å². The Morgan fingerprint density at radius 1 is 1.27 bits per heavy atom. The maximum absolute atomic E-state index is 3.46. The van der Waals surface area contributed by atoms with Crippen molar-refractivity contribution in [2.45, 2.75) is 0 Å². The van der Waals surface area contributed by atoms with Crippen molar-refractivity contribution in [1.82, 2.24) is 0 Å². The molecule has 0 aromatic heterocycles. The number of alkyl halides is 1. The van der Waals surface area contributed by atoms with Gasteiger partial charge in [-0.2, -0.15) is 0 Å². The molecule has 1 aromatic rings. The monoisotopic (exact) mass is 274 g/mol. The predicted molar refractivity (Wildman–Crippen MR) is 57.0 cm³/mol. The highest BCUT2D eigenvalue weighted by Crippen LogP contribution is 2.16. The molecule has 0 aliphatic carbocycles. The fourth-order valence-corrected chi connectivity index (χ4v) is 1.39. The molecule has 0 atom stereocenters. The maximum Gasteiger partial charge on any atom is 0.0247 e. The van der Waals surface area contributed by atoms with Gasteiger partial charge in [-0.1, -0.05) is 62.2 Å². The van der Waals surface area contributed by atoms with Crippen LogP contribution in [0.15, 0.2) is 34.8 Å². The van der Waals surface area contributed by atoms with E-state index >= 15 is 0 Å². The lowest BCUT2D eigenvalue weighted by molar-refractivity contribution is 1.59. The molecule has 58 valence electrons. The zero-order valence-corrected chi connectivity index (χ0v) is 9.10. The molecule has 2 heteroatoms. The van der Waals surface area contributed by atoms with Crippen LogP contribution in [-0.4, -0.2) is 5.33 Å². The Hall–Kier alpha value is -0.0800. The molecular formula is C9H8Br2. The Bertz CT molecular complexity index is 253. The number of hydrogen-bond donors (Lipinski definition) is 0. The Balaban J connectivity index is 2.86. The van der Waals surface area contributed by atoms with E-state index in [4.69, 9.17) is 0 Å². The van der Waals surface area contributed by atoms with Crippen LogP contribution in [0.25, 0.3) is 6.08 Å². The third kappa shape index (κ3) is 2.80. The van der Waals surface area contributed by atoms with Crippen LogP contribution in [0.4, 0.5) is 0 Å². The lowest BCUT2D eigenvalue weighted by Gasteiger charge is -1.94. The highest BCUT2D eigenvalue weighted by atomic mass is 79.9. The second-order valence-corrected chi connectivity index (χ2v) is 3.58. The molecule has 1 rings (SSSR count). The highest BCUT2D eigenvalue weighted by molar-refractivity contribution is 9.10. The number of hydrogen-bond acceptors (Lipinski definition) is 0. The first-order valence-electron chi connectivity index (χ1n) is 3.31. The van der Waals surface area contributed by atoms with Gasteiger partial charge >= 0.3 is 0 Å². The summed E-state index contributed by atoms with van der Waals surface area (Å²) in [4.78, 5) is 0. The Morgan fingerprint density at radius 2 is 2.00 bits per heavy atom. The third-order valence-corrected chi connectivity index (χ3v) is 2.39. The fraction of sp³-hybridized carbons (Fsp3) is 0.111. The van der Waals surface area contributed by atoms with Crippen LogP contribution < -0.4 is 0 Å². The SMILES string of the molecule is BrC/C=C/c1ccccc1Br. The van der Waals surface area contributed by atoms with Gasteiger partial charge in [0.2, 0.25) is 0 Å². The first-order chi connectivity index (χ1) is 5.34. The molecule has 0 amide bonds. The van der Waals surface area contributed by atoms with Crippen molar-refractivity contribution < 1.29 is 0 Å². The molecule has 1 aromatic carbocycles. The van der Waals surface area contributed by atoms with Gasteiger partial charge in [-0.3, -0.25) is 0 Å². The molecule has 0 spiro atoms. The van der Waals surface area contributed by atoms with Gasteiger partial charge in [0.05, 0.1) is 0 Å². The molecule has 0 nitrogen and oxygen atoms in total. The van der Waals surface area contributed by atoms with Crippen LogP contribution in [0, 0.1) is 0 Å². The van der Waals surface area contributed by atoms with E-state index in [0.717, 1.165) is 9.80 Å². The van der Waals surface area contributed by atoms with Crippen molar-refractivity contribution >= 4 is 37.9 Å². The van der Waals surface area contributed by atoms with E-state index in [1.54, 1.807) is 0 Å². The van der Waals surface area contributed by atoms with E-state index in [0.29, 0.717) is 0 Å². The zero-order valence-electron chi connectivity index (χ0n) is 5.93. The lowest BCUT2D eigenvalue weighted by atomic mass is 10.2. The van der Waals surface area contributed by atoms with Crippen LogP contribution in [0.2, 0.25) is 0 Å². The number of benzene rings is 1. The molecule has 11 heavy (non-hydrogen) atoms. The van der Waals surface area contributed by atoms with Crippen LogP contribution >= 0.6 is 31.9 Å². The van der Waals surface area contributed by atoms with E-state index in [1.807, 2.05) is 18.2 Å². The number of rotatable bonds is 2. The largest absolute Gasteiger partial charge is 0.0883 e. The summed E-state index contributed by atoms with van der Waals surface area (Å²) in [6.07, 6.45) is 4.15. The zero-order chi connectivity index (χ0) is 8.10. The molecule has 0 unspecified atom stereocenters. The summed E-state index contributed by atoms with van der Waals surface area (Å²) in [5.41, 5.74) is 1.21. The van der Waals surface area contributed by atoms with Gasteiger partial charge in [0.15, 0.2) is 0 Å². The van der Waals surface area contributed by atoms with E-state index in [2.05, 4.69) is 50.1 Å². The van der Waals surface area contributed by atoms with Gasteiger partial charge in [-0.05, 0) is 11.6 Å². The summed E-state index contributed by atoms with van der Waals surface area (Å²) < 4.78 is 1.14. The second kappa shape index (κ2) is 4.73. The lowest BCUT2D eigenvalue weighted by Crippen LogP contribution is -1.72. The van der Waals surface area contributed by atoms with Gasteiger partial charge < -0.3 is 0 Å². The Kier molecular flexibility index (Phi) is 3.87. The molecule has 0 bridgehead atoms. The maximum atomic E-state index is 3.46. The summed E-state index contributed by atoms with van der Waals surface area (Å²) in [6, 6.07) is 8.14. The van der Waals surface area contributed by atoms with Gasteiger partial charge in [-0.15, -0.1) is 0 Å². The average molecular weight is 276 g/mol. The Morgan fingerprint density at radius 3 is 2.64 bits per heavy atom. The van der Waals surface area contributed by atoms with Crippen LogP contribution in [0.5, 0.6) is 0 Å². The first-order valence-corrected chi connectivity index (χ1v) is 5.23. The predicted octanol–water partition coefficient (Wildman–Crippen LogP) is 3.86. The summed E-state index contributed by atoms with van der Waals surface area (Å²) in [6.45, 7) is 0. The minimum absolute atomic E-state index is 0.897. The minimum Gasteiger partial charge on any atom is -0.0883 e. The summed E-state index contributed by atoms with van der Waals surface area (Å²) in [5.74, 6) is 0. The van der Waals surface area contributed by atoms with Crippen LogP contribution in [-0.2, 0) is 0 Å². The van der Waals surface area contributed by atoms with Gasteiger partial charge in [0.1, 0.15) is 0 Å². The van der Waals surface area contributed by atoms with Crippen molar-refractivity contribution in [3.63, 3.8) is 0 Å². The Labute approximate surface area is 83.6 Å². The molecular weight excluding hydrogens is 268 g/mol. The standard InChI is InChI=1S/C9H8Br2/c10-7-3-5-8-4-1-2-6-9(8)11/h1-6H,7H2/b5-3+. The summed E-state index contributed by atoms with van der Waals surface area (Å²) in [7, 11) is 0. The molecule has 0 radical (unpaired) electrons. The fourth-order valence-electron chi connectivity index (χ4n) is 0.782. The molecule has 0 fully saturated rings. The first kappa shape index (κ1) is 9.01. The highest BCUT2D eigenvalue weighted by Gasteiger charge is 1.90. The van der Waals surface area contributed by atoms with Crippen LogP contribution in [0.3, 0.4) is 0 Å². The van der Waals surface area contributed by atoms with E-state index in [-0.39, 0.29) is 0 Å². The molecule has 0 N–H and O–H groups in total. The molecule has 0 saturated carbocycles. The second-order valence-electron chi connectivity index (χ2n) is 2.08. The third-order valence-electron chi connectivity index (χ3n) is 1.29. The topological polar surface area (TPSA) is 0 Å². The molecule has 0 saturated heterocycles. The molecule has 0 heterocycles. The van der Waals surface area contributed by atoms with Crippen molar-refractivity contribution in [3.8, 4) is 0 Å². The number of allylic oxidation sites excluding steroid dienone is 1. The van der Waals surface area contributed by atoms with Gasteiger partial charge in [0.25, 0.3) is 0 Å². The van der Waals surface area contributed by atoms with Crippen molar-refractivity contribution in [2.75, 3.05) is 5.33 Å². The smallest absolute Gasteiger partial charge is 0.0247 e. The van der Waals surface area contributed by atoms with E-state index in [9.17, 15) is 0 Å². The molecule has 0 aliphatic rings. The average Bonchev–Trinajstić information content (AvgIpc) is 2.03. The van der Waals surface area contributed by atoms with Crippen molar-refractivity contribution in [1.29, 1.82) is 0 Å².